The molecule has 5 rings (SSSR count). The van der Waals surface area contributed by atoms with E-state index in [1.165, 1.54) is 11.3 Å². The Morgan fingerprint density at radius 1 is 1.08 bits per heavy atom. The van der Waals surface area contributed by atoms with Crippen molar-refractivity contribution < 1.29 is 9.47 Å². The first kappa shape index (κ1) is 13.4. The molecule has 0 fully saturated rings. The van der Waals surface area contributed by atoms with E-state index >= 15 is 0 Å². The summed E-state index contributed by atoms with van der Waals surface area (Å²) in [7, 11) is 0. The summed E-state index contributed by atoms with van der Waals surface area (Å²) in [6.45, 7) is 0.373. The molecular formula is C16H11N5O2S. The molecule has 118 valence electrons. The van der Waals surface area contributed by atoms with Crippen molar-refractivity contribution in [3.8, 4) is 22.1 Å². The van der Waals surface area contributed by atoms with Crippen LogP contribution in [0.1, 0.15) is 11.9 Å². The zero-order valence-corrected chi connectivity index (χ0v) is 13.2. The summed E-state index contributed by atoms with van der Waals surface area (Å²) >= 11 is 1.46. The summed E-state index contributed by atoms with van der Waals surface area (Å²) in [6, 6.07) is 11.4. The van der Waals surface area contributed by atoms with Crippen molar-refractivity contribution in [3.05, 3.63) is 54.6 Å². The van der Waals surface area contributed by atoms with Gasteiger partial charge < -0.3 is 9.47 Å². The Labute approximate surface area is 140 Å². The van der Waals surface area contributed by atoms with Crippen LogP contribution in [0.4, 0.5) is 0 Å². The monoisotopic (exact) mass is 337 g/mol. The second-order valence-corrected chi connectivity index (χ2v) is 6.22. The normalized spacial score (nSPS) is 16.4. The summed E-state index contributed by atoms with van der Waals surface area (Å²) in [5.41, 5.74) is 0.949. The van der Waals surface area contributed by atoms with Crippen molar-refractivity contribution in [2.45, 2.75) is 6.10 Å². The number of rotatable bonds is 2. The molecule has 0 radical (unpaired) electrons. The number of para-hydroxylation sites is 2. The molecule has 1 aromatic carbocycles. The van der Waals surface area contributed by atoms with Gasteiger partial charge in [0, 0.05) is 18.0 Å². The van der Waals surface area contributed by atoms with Gasteiger partial charge in [0.2, 0.25) is 4.96 Å². The fraction of sp³-hybridized carbons (Fsp3) is 0.125. The van der Waals surface area contributed by atoms with Crippen molar-refractivity contribution >= 4 is 16.3 Å². The topological polar surface area (TPSA) is 74.4 Å². The van der Waals surface area contributed by atoms with Gasteiger partial charge in [-0.3, -0.25) is 4.98 Å². The van der Waals surface area contributed by atoms with E-state index in [0.29, 0.717) is 23.1 Å². The summed E-state index contributed by atoms with van der Waals surface area (Å²) in [5, 5.41) is 13.9. The van der Waals surface area contributed by atoms with Gasteiger partial charge in [-0.25, -0.2) is 0 Å². The quantitative estimate of drug-likeness (QED) is 0.560. The number of ether oxygens (including phenoxy) is 2. The Bertz CT molecular complexity index is 1010. The minimum Gasteiger partial charge on any atom is -0.485 e. The molecule has 4 heterocycles. The molecule has 0 amide bonds. The largest absolute Gasteiger partial charge is 0.485 e. The smallest absolute Gasteiger partial charge is 0.235 e. The Hall–Kier alpha value is -3.00. The standard InChI is InChI=1S/C16H11N5O2S/c1-2-6-12-11(5-1)22-9-13(23-12)14-18-19-16-21(14)20-15(24-16)10-4-3-7-17-8-10/h1-8,13H,9H2. The first-order valence-electron chi connectivity index (χ1n) is 7.39. The molecular weight excluding hydrogens is 326 g/mol. The summed E-state index contributed by atoms with van der Waals surface area (Å²) in [4.78, 5) is 4.84. The lowest BCUT2D eigenvalue weighted by Crippen LogP contribution is -2.23. The van der Waals surface area contributed by atoms with E-state index in [0.717, 1.165) is 16.3 Å². The van der Waals surface area contributed by atoms with Gasteiger partial charge in [-0.2, -0.15) is 9.61 Å². The number of nitrogens with zero attached hydrogens (tertiary/aromatic N) is 5. The Kier molecular flexibility index (Phi) is 2.95. The third-order valence-electron chi connectivity index (χ3n) is 3.72. The fourth-order valence-corrected chi connectivity index (χ4v) is 3.42. The number of pyridine rings is 1. The third kappa shape index (κ3) is 2.11. The zero-order chi connectivity index (χ0) is 15.9. The molecule has 1 atom stereocenters. The number of hydrogen-bond acceptors (Lipinski definition) is 7. The lowest BCUT2D eigenvalue weighted by molar-refractivity contribution is 0.0836. The lowest BCUT2D eigenvalue weighted by Gasteiger charge is -2.24. The number of aromatic nitrogens is 5. The van der Waals surface area contributed by atoms with Crippen LogP contribution in [0.25, 0.3) is 15.5 Å². The molecule has 1 unspecified atom stereocenters. The van der Waals surface area contributed by atoms with Crippen molar-refractivity contribution in [2.75, 3.05) is 6.61 Å². The second kappa shape index (κ2) is 5.27. The highest BCUT2D eigenvalue weighted by Gasteiger charge is 2.28. The van der Waals surface area contributed by atoms with E-state index in [1.807, 2.05) is 36.4 Å². The highest BCUT2D eigenvalue weighted by atomic mass is 32.1. The molecule has 4 aromatic rings. The zero-order valence-electron chi connectivity index (χ0n) is 12.4. The second-order valence-electron chi connectivity index (χ2n) is 5.27. The van der Waals surface area contributed by atoms with Gasteiger partial charge >= 0.3 is 0 Å². The van der Waals surface area contributed by atoms with Gasteiger partial charge in [0.25, 0.3) is 0 Å². The minimum atomic E-state index is -0.348. The van der Waals surface area contributed by atoms with Gasteiger partial charge in [-0.15, -0.1) is 10.2 Å². The van der Waals surface area contributed by atoms with Crippen LogP contribution in [0.3, 0.4) is 0 Å². The SMILES string of the molecule is c1cncc(-c2nn3c(C4COc5ccccc5O4)nnc3s2)c1. The minimum absolute atomic E-state index is 0.348. The van der Waals surface area contributed by atoms with E-state index in [-0.39, 0.29) is 6.10 Å². The van der Waals surface area contributed by atoms with Crippen LogP contribution in [0.15, 0.2) is 48.8 Å². The molecule has 24 heavy (non-hydrogen) atoms. The van der Waals surface area contributed by atoms with Gasteiger partial charge in [0.1, 0.15) is 11.6 Å². The van der Waals surface area contributed by atoms with Gasteiger partial charge in [0.05, 0.1) is 0 Å². The molecule has 0 saturated carbocycles. The van der Waals surface area contributed by atoms with Crippen LogP contribution in [0, 0.1) is 0 Å². The van der Waals surface area contributed by atoms with E-state index in [1.54, 1.807) is 16.9 Å². The van der Waals surface area contributed by atoms with Gasteiger partial charge in [0.15, 0.2) is 23.4 Å². The molecule has 1 aliphatic heterocycles. The molecule has 0 N–H and O–H groups in total. The number of fused-ring (bicyclic) bond motifs is 2. The van der Waals surface area contributed by atoms with Crippen molar-refractivity contribution in [1.29, 1.82) is 0 Å². The van der Waals surface area contributed by atoms with Crippen molar-refractivity contribution in [1.82, 2.24) is 24.8 Å². The molecule has 3 aromatic heterocycles. The van der Waals surface area contributed by atoms with Crippen LogP contribution in [-0.2, 0) is 0 Å². The van der Waals surface area contributed by atoms with Crippen molar-refractivity contribution in [3.63, 3.8) is 0 Å². The molecule has 0 bridgehead atoms. The van der Waals surface area contributed by atoms with E-state index in [2.05, 4.69) is 20.3 Å². The van der Waals surface area contributed by atoms with Crippen molar-refractivity contribution in [2.24, 2.45) is 0 Å². The Morgan fingerprint density at radius 3 is 2.88 bits per heavy atom. The Balaban J connectivity index is 1.53. The predicted molar refractivity (Wildman–Crippen MR) is 87.2 cm³/mol. The Morgan fingerprint density at radius 2 is 2.00 bits per heavy atom. The molecule has 0 spiro atoms. The average molecular weight is 337 g/mol. The highest BCUT2D eigenvalue weighted by molar-refractivity contribution is 7.19. The first-order valence-corrected chi connectivity index (χ1v) is 8.21. The molecule has 7 nitrogen and oxygen atoms in total. The van der Waals surface area contributed by atoms with E-state index in [9.17, 15) is 0 Å². The summed E-state index contributed by atoms with van der Waals surface area (Å²) in [6.07, 6.45) is 3.17. The number of benzene rings is 1. The third-order valence-corrected chi connectivity index (χ3v) is 4.67. The van der Waals surface area contributed by atoms with Crippen LogP contribution in [0.5, 0.6) is 11.5 Å². The van der Waals surface area contributed by atoms with Crippen LogP contribution in [0.2, 0.25) is 0 Å². The number of hydrogen-bond donors (Lipinski definition) is 0. The molecule has 0 saturated heterocycles. The van der Waals surface area contributed by atoms with Gasteiger partial charge in [-0.1, -0.05) is 23.5 Å². The predicted octanol–water partition coefficient (Wildman–Crippen LogP) is 2.76. The fourth-order valence-electron chi connectivity index (χ4n) is 2.59. The van der Waals surface area contributed by atoms with Gasteiger partial charge in [-0.05, 0) is 24.3 Å². The first-order chi connectivity index (χ1) is 11.9. The maximum atomic E-state index is 6.00. The summed E-state index contributed by atoms with van der Waals surface area (Å²) < 4.78 is 13.5. The molecule has 0 aliphatic carbocycles. The maximum absolute atomic E-state index is 6.00. The van der Waals surface area contributed by atoms with Crippen LogP contribution in [-0.4, -0.2) is 31.4 Å². The van der Waals surface area contributed by atoms with E-state index < -0.39 is 0 Å². The maximum Gasteiger partial charge on any atom is 0.235 e. The van der Waals surface area contributed by atoms with E-state index in [4.69, 9.17) is 9.47 Å². The summed E-state index contributed by atoms with van der Waals surface area (Å²) in [5.74, 6) is 2.07. The molecule has 8 heteroatoms. The average Bonchev–Trinajstić information content (AvgIpc) is 3.23. The highest BCUT2D eigenvalue weighted by Crippen LogP contribution is 2.36. The van der Waals surface area contributed by atoms with Crippen LogP contribution >= 0.6 is 11.3 Å². The molecule has 1 aliphatic rings. The lowest BCUT2D eigenvalue weighted by atomic mass is 10.2. The van der Waals surface area contributed by atoms with Crippen LogP contribution < -0.4 is 9.47 Å².